The molecule has 0 saturated heterocycles. The molecule has 0 amide bonds. The summed E-state index contributed by atoms with van der Waals surface area (Å²) in [5.41, 5.74) is 3.72. The second-order valence-electron chi connectivity index (χ2n) is 9.83. The van der Waals surface area contributed by atoms with Gasteiger partial charge in [-0.2, -0.15) is 9.78 Å². The van der Waals surface area contributed by atoms with Gasteiger partial charge >= 0.3 is 0 Å². The van der Waals surface area contributed by atoms with Crippen molar-refractivity contribution in [2.75, 3.05) is 13.7 Å². The number of nitrogens with zero attached hydrogens (tertiary/aromatic N) is 3. The molecule has 0 aliphatic carbocycles. The molecule has 2 heterocycles. The number of benzene rings is 4. The van der Waals surface area contributed by atoms with Gasteiger partial charge in [0, 0.05) is 10.0 Å². The predicted octanol–water partition coefficient (Wildman–Crippen LogP) is 7.75. The van der Waals surface area contributed by atoms with Crippen molar-refractivity contribution in [2.45, 2.75) is 20.5 Å². The molecule has 0 unspecified atom stereocenters. The van der Waals surface area contributed by atoms with Gasteiger partial charge in [-0.1, -0.05) is 48.0 Å². The predicted molar refractivity (Wildman–Crippen MR) is 172 cm³/mol. The van der Waals surface area contributed by atoms with Gasteiger partial charge in [0.2, 0.25) is 5.82 Å². The first-order valence-electron chi connectivity index (χ1n) is 13.7. The van der Waals surface area contributed by atoms with Crippen molar-refractivity contribution in [1.82, 2.24) is 9.66 Å². The minimum atomic E-state index is -0.330. The first-order valence-corrected chi connectivity index (χ1v) is 14.5. The smallest absolute Gasteiger partial charge is 0.282 e. The average Bonchev–Trinajstić information content (AvgIpc) is 3.46. The van der Waals surface area contributed by atoms with E-state index in [1.165, 1.54) is 10.2 Å². The van der Waals surface area contributed by atoms with Crippen LogP contribution >= 0.6 is 15.9 Å². The largest absolute Gasteiger partial charge is 0.496 e. The molecular formula is C34H28BrN3O5. The van der Waals surface area contributed by atoms with E-state index in [4.69, 9.17) is 23.6 Å². The van der Waals surface area contributed by atoms with Crippen LogP contribution in [-0.2, 0) is 6.61 Å². The molecule has 8 nitrogen and oxygen atoms in total. The third-order valence-electron chi connectivity index (χ3n) is 6.87. The van der Waals surface area contributed by atoms with E-state index in [1.54, 1.807) is 37.6 Å². The highest BCUT2D eigenvalue weighted by molar-refractivity contribution is 9.10. The lowest BCUT2D eigenvalue weighted by Crippen LogP contribution is -2.20. The zero-order valence-corrected chi connectivity index (χ0v) is 25.4. The van der Waals surface area contributed by atoms with Gasteiger partial charge in [0.05, 0.1) is 36.2 Å². The molecule has 0 spiro atoms. The number of hydrogen-bond donors (Lipinski definition) is 0. The van der Waals surface area contributed by atoms with Crippen LogP contribution in [0.15, 0.2) is 104 Å². The Morgan fingerprint density at radius 1 is 0.930 bits per heavy atom. The average molecular weight is 639 g/mol. The molecule has 9 heteroatoms. The number of hydrogen-bond acceptors (Lipinski definition) is 7. The molecule has 43 heavy (non-hydrogen) atoms. The third-order valence-corrected chi connectivity index (χ3v) is 7.55. The van der Waals surface area contributed by atoms with Crippen LogP contribution in [-0.4, -0.2) is 29.6 Å². The van der Waals surface area contributed by atoms with E-state index in [9.17, 15) is 4.79 Å². The number of furan rings is 1. The van der Waals surface area contributed by atoms with E-state index in [-0.39, 0.29) is 11.4 Å². The summed E-state index contributed by atoms with van der Waals surface area (Å²) < 4.78 is 25.6. The van der Waals surface area contributed by atoms with E-state index in [0.29, 0.717) is 58.3 Å². The lowest BCUT2D eigenvalue weighted by Gasteiger charge is -2.14. The van der Waals surface area contributed by atoms with Gasteiger partial charge in [-0.15, -0.1) is 0 Å². The highest BCUT2D eigenvalue weighted by atomic mass is 79.9. The Bertz CT molecular complexity index is 2050. The maximum atomic E-state index is 13.7. The Kier molecular flexibility index (Phi) is 7.98. The summed E-state index contributed by atoms with van der Waals surface area (Å²) in [6.07, 6.45) is 1.58. The highest BCUT2D eigenvalue weighted by Crippen LogP contribution is 2.35. The van der Waals surface area contributed by atoms with Crippen molar-refractivity contribution >= 4 is 44.0 Å². The molecule has 2 aromatic heterocycles. The number of ether oxygens (including phenoxy) is 3. The minimum Gasteiger partial charge on any atom is -0.496 e. The number of aromatic nitrogens is 2. The summed E-state index contributed by atoms with van der Waals surface area (Å²) in [6, 6.07) is 26.3. The molecule has 6 rings (SSSR count). The molecule has 0 radical (unpaired) electrons. The minimum absolute atomic E-state index is 0.262. The van der Waals surface area contributed by atoms with Crippen LogP contribution in [0.3, 0.4) is 0 Å². The van der Waals surface area contributed by atoms with Gasteiger partial charge in [0.25, 0.3) is 5.56 Å². The summed E-state index contributed by atoms with van der Waals surface area (Å²) in [7, 11) is 1.60. The molecule has 0 aliphatic heterocycles. The Hall–Kier alpha value is -4.89. The van der Waals surface area contributed by atoms with Crippen LogP contribution in [0.4, 0.5) is 0 Å². The van der Waals surface area contributed by atoms with Gasteiger partial charge < -0.3 is 18.6 Å². The van der Waals surface area contributed by atoms with Gasteiger partial charge in [-0.05, 0) is 77.8 Å². The van der Waals surface area contributed by atoms with E-state index in [1.807, 2.05) is 68.4 Å². The molecule has 216 valence electrons. The Balaban J connectivity index is 1.42. The van der Waals surface area contributed by atoms with Gasteiger partial charge in [0.15, 0.2) is 17.3 Å². The second-order valence-corrected chi connectivity index (χ2v) is 10.7. The number of halogens is 1. The Morgan fingerprint density at radius 2 is 1.74 bits per heavy atom. The normalized spacial score (nSPS) is 11.4. The molecular weight excluding hydrogens is 610 g/mol. The van der Waals surface area contributed by atoms with E-state index < -0.39 is 0 Å². The van der Waals surface area contributed by atoms with E-state index in [2.05, 4.69) is 27.1 Å². The maximum Gasteiger partial charge on any atom is 0.282 e. The van der Waals surface area contributed by atoms with Crippen molar-refractivity contribution in [2.24, 2.45) is 5.10 Å². The van der Waals surface area contributed by atoms with Gasteiger partial charge in [-0.3, -0.25) is 4.79 Å². The zero-order chi connectivity index (χ0) is 29.9. The molecule has 0 fully saturated rings. The van der Waals surface area contributed by atoms with E-state index >= 15 is 0 Å². The fraction of sp³-hybridized carbons (Fsp3) is 0.147. The molecule has 6 aromatic rings. The fourth-order valence-corrected chi connectivity index (χ4v) is 5.25. The maximum absolute atomic E-state index is 13.7. The summed E-state index contributed by atoms with van der Waals surface area (Å²) in [4.78, 5) is 18.5. The Labute approximate surface area is 256 Å². The molecule has 0 atom stereocenters. The summed E-state index contributed by atoms with van der Waals surface area (Å²) >= 11 is 3.64. The van der Waals surface area contributed by atoms with Crippen molar-refractivity contribution in [1.29, 1.82) is 0 Å². The summed E-state index contributed by atoms with van der Waals surface area (Å²) in [5.74, 6) is 2.45. The lowest BCUT2D eigenvalue weighted by molar-refractivity contribution is 0.269. The molecule has 4 aromatic carbocycles. The SMILES string of the molecule is CCOc1cc(C=Nn2c(-c3cc4c(OC)cccc4o3)nc3ccccc3c2=O)c(Br)cc1OCc1cccc(C)c1. The summed E-state index contributed by atoms with van der Waals surface area (Å²) in [5, 5.41) is 5.81. The lowest BCUT2D eigenvalue weighted by atomic mass is 10.1. The van der Waals surface area contributed by atoms with Crippen LogP contribution in [0, 0.1) is 6.92 Å². The van der Waals surface area contributed by atoms with Crippen molar-refractivity contribution in [3.05, 3.63) is 116 Å². The van der Waals surface area contributed by atoms with Crippen molar-refractivity contribution < 1.29 is 18.6 Å². The number of fused-ring (bicyclic) bond motifs is 2. The van der Waals surface area contributed by atoms with Crippen molar-refractivity contribution in [3.8, 4) is 28.8 Å². The van der Waals surface area contributed by atoms with Crippen LogP contribution in [0.1, 0.15) is 23.6 Å². The van der Waals surface area contributed by atoms with Crippen molar-refractivity contribution in [3.63, 3.8) is 0 Å². The van der Waals surface area contributed by atoms with Crippen LogP contribution in [0.2, 0.25) is 0 Å². The number of aryl methyl sites for hydroxylation is 1. The van der Waals surface area contributed by atoms with Crippen LogP contribution < -0.4 is 19.8 Å². The zero-order valence-electron chi connectivity index (χ0n) is 23.8. The van der Waals surface area contributed by atoms with Crippen LogP contribution in [0.25, 0.3) is 33.5 Å². The molecule has 0 bridgehead atoms. The molecule has 0 saturated carbocycles. The fourth-order valence-electron chi connectivity index (χ4n) is 4.83. The Morgan fingerprint density at radius 3 is 2.56 bits per heavy atom. The molecule has 0 N–H and O–H groups in total. The monoisotopic (exact) mass is 637 g/mol. The first-order chi connectivity index (χ1) is 20.9. The topological polar surface area (TPSA) is 88.1 Å². The van der Waals surface area contributed by atoms with Gasteiger partial charge in [0.1, 0.15) is 17.9 Å². The van der Waals surface area contributed by atoms with Crippen LogP contribution in [0.5, 0.6) is 17.2 Å². The standard InChI is InChI=1S/C34H28BrN3O5/c1-4-41-30-16-23(26(35)18-31(30)42-20-22-10-7-9-21(2)15-22)19-36-38-33(37-27-12-6-5-11-24(27)34(38)39)32-17-25-28(40-3)13-8-14-29(25)43-32/h5-19H,4,20H2,1-3H3. The number of para-hydroxylation sites is 1. The third kappa shape index (κ3) is 5.76. The second kappa shape index (κ2) is 12.1. The number of rotatable bonds is 9. The number of methoxy groups -OCH3 is 1. The highest BCUT2D eigenvalue weighted by Gasteiger charge is 2.18. The van der Waals surface area contributed by atoms with E-state index in [0.717, 1.165) is 15.4 Å². The first kappa shape index (κ1) is 28.2. The quantitative estimate of drug-likeness (QED) is 0.151. The summed E-state index contributed by atoms with van der Waals surface area (Å²) in [6.45, 7) is 4.81. The van der Waals surface area contributed by atoms with Gasteiger partial charge in [-0.25, -0.2) is 4.98 Å². The molecule has 0 aliphatic rings.